The molecule has 5 aromatic rings. The molecule has 0 spiro atoms. The van der Waals surface area contributed by atoms with E-state index in [4.69, 9.17) is 0 Å². The molecule has 2 aliphatic rings. The van der Waals surface area contributed by atoms with Crippen molar-refractivity contribution in [1.29, 1.82) is 0 Å². The van der Waals surface area contributed by atoms with Crippen LogP contribution in [-0.4, -0.2) is 26.1 Å². The highest BCUT2D eigenvalue weighted by Crippen LogP contribution is 2.61. The molecule has 0 fully saturated rings. The molecular weight excluding hydrogens is 603 g/mol. The van der Waals surface area contributed by atoms with Crippen molar-refractivity contribution in [3.05, 3.63) is 66.2 Å². The van der Waals surface area contributed by atoms with Crippen molar-refractivity contribution in [1.82, 2.24) is 9.97 Å². The Balaban J connectivity index is 1.86. The number of H-pyrrole nitrogens is 2. The number of para-hydroxylation sites is 2. The van der Waals surface area contributed by atoms with Crippen molar-refractivity contribution in [2.24, 2.45) is 0 Å². The second-order valence-corrected chi connectivity index (χ2v) is 30.9. The first-order valence-electron chi connectivity index (χ1n) is 17.7. The lowest BCUT2D eigenvalue weighted by molar-refractivity contribution is 0.589. The Morgan fingerprint density at radius 2 is 0.830 bits per heavy atom. The first kappa shape index (κ1) is 32.5. The lowest BCUT2D eigenvalue weighted by Crippen LogP contribution is -2.78. The molecule has 0 atom stereocenters. The first-order chi connectivity index (χ1) is 21.5. The summed E-state index contributed by atoms with van der Waals surface area (Å²) in [7, 11) is -5.22. The van der Waals surface area contributed by atoms with E-state index in [0.717, 1.165) is 0 Å². The number of benzene rings is 3. The second kappa shape index (κ2) is 9.35. The van der Waals surface area contributed by atoms with Gasteiger partial charge in [-0.15, -0.1) is 0 Å². The van der Waals surface area contributed by atoms with E-state index in [1.54, 1.807) is 20.7 Å². The Morgan fingerprint density at radius 1 is 0.489 bits per heavy atom. The van der Waals surface area contributed by atoms with Crippen LogP contribution in [-0.2, 0) is 5.41 Å². The molecule has 0 saturated carbocycles. The minimum Gasteiger partial charge on any atom is -0.341 e. The van der Waals surface area contributed by atoms with Crippen molar-refractivity contribution >= 4 is 76.0 Å². The van der Waals surface area contributed by atoms with Gasteiger partial charge >= 0.3 is 0 Å². The highest BCUT2D eigenvalue weighted by molar-refractivity contribution is 7.13. The molecule has 0 bridgehead atoms. The number of hydrogen-bond donors (Lipinski definition) is 2. The van der Waals surface area contributed by atoms with Crippen LogP contribution < -0.4 is 25.6 Å². The van der Waals surface area contributed by atoms with E-state index >= 15 is 0 Å². The molecule has 0 radical (unpaired) electrons. The fourth-order valence-corrected chi connectivity index (χ4v) is 26.8. The van der Waals surface area contributed by atoms with Crippen molar-refractivity contribution < 1.29 is 0 Å². The topological polar surface area (TPSA) is 34.8 Å². The van der Waals surface area contributed by atoms with Crippen LogP contribution in [0.5, 0.6) is 0 Å². The molecule has 4 heterocycles. The number of anilines is 3. The predicted octanol–water partition coefficient (Wildman–Crippen LogP) is 10.4. The van der Waals surface area contributed by atoms with Crippen LogP contribution in [0.3, 0.4) is 0 Å². The minimum atomic E-state index is -2.61. The number of aromatic nitrogens is 2. The molecule has 0 unspecified atom stereocenters. The van der Waals surface area contributed by atoms with Gasteiger partial charge in [-0.05, 0) is 64.0 Å². The molecule has 2 N–H and O–H groups in total. The van der Waals surface area contributed by atoms with E-state index < -0.39 is 16.1 Å². The van der Waals surface area contributed by atoms with E-state index in [-0.39, 0.29) is 25.6 Å². The monoisotopic (exact) mass is 659 g/mol. The molecule has 0 saturated heterocycles. The molecule has 2 aliphatic heterocycles. The summed E-state index contributed by atoms with van der Waals surface area (Å²) in [5.41, 5.74) is 5.46. The molecule has 3 nitrogen and oxygen atoms in total. The molecular formula is C42H57N3Si2. The zero-order valence-electron chi connectivity index (χ0n) is 31.7. The van der Waals surface area contributed by atoms with Crippen LogP contribution in [0.4, 0.5) is 17.3 Å². The maximum absolute atomic E-state index is 4.11. The van der Waals surface area contributed by atoms with Gasteiger partial charge in [-0.25, -0.2) is 0 Å². The van der Waals surface area contributed by atoms with Crippen LogP contribution in [0, 0.1) is 0 Å². The Labute approximate surface area is 285 Å². The van der Waals surface area contributed by atoms with Gasteiger partial charge in [-0.2, -0.15) is 0 Å². The molecule has 5 heteroatoms. The van der Waals surface area contributed by atoms with E-state index in [1.165, 1.54) is 44.7 Å². The van der Waals surface area contributed by atoms with Crippen LogP contribution in [0.2, 0.25) is 20.2 Å². The molecule has 248 valence electrons. The van der Waals surface area contributed by atoms with Gasteiger partial charge in [0.05, 0.1) is 0 Å². The van der Waals surface area contributed by atoms with E-state index in [0.29, 0.717) is 0 Å². The smallest absolute Gasteiger partial charge is 0.136 e. The van der Waals surface area contributed by atoms with Gasteiger partial charge in [0.1, 0.15) is 27.8 Å². The summed E-state index contributed by atoms with van der Waals surface area (Å²) in [5.74, 6) is 2.58. The summed E-state index contributed by atoms with van der Waals surface area (Å²) in [6.45, 7) is 37.9. The summed E-state index contributed by atoms with van der Waals surface area (Å²) in [5, 5.41) is 9.35. The molecule has 7 rings (SSSR count). The third-order valence-electron chi connectivity index (χ3n) is 12.1. The summed E-state index contributed by atoms with van der Waals surface area (Å²) < 4.78 is 0. The van der Waals surface area contributed by atoms with E-state index in [9.17, 15) is 0 Å². The third-order valence-corrected chi connectivity index (χ3v) is 26.0. The van der Waals surface area contributed by atoms with E-state index in [2.05, 4.69) is 179 Å². The van der Waals surface area contributed by atoms with Crippen molar-refractivity contribution in [2.45, 2.75) is 129 Å². The van der Waals surface area contributed by atoms with E-state index in [1.807, 2.05) is 0 Å². The van der Waals surface area contributed by atoms with Gasteiger partial charge in [0.2, 0.25) is 0 Å². The molecule has 47 heavy (non-hydrogen) atoms. The molecule has 0 amide bonds. The number of nitrogens with zero attached hydrogens (tertiary/aromatic N) is 1. The zero-order valence-corrected chi connectivity index (χ0v) is 33.7. The first-order valence-corrected chi connectivity index (χ1v) is 21.7. The maximum atomic E-state index is 4.11. The molecule has 0 aliphatic carbocycles. The lowest BCUT2D eigenvalue weighted by atomic mass is 9.87. The van der Waals surface area contributed by atoms with Crippen LogP contribution >= 0.6 is 0 Å². The Hall–Kier alpha value is -3.03. The minimum absolute atomic E-state index is 0.00313. The fourth-order valence-electron chi connectivity index (χ4n) is 11.2. The standard InChI is InChI=1S/C42H57N3Si2/c1-38(2,3)26-24-31-33-32(25-26)47(41(10,11)12,42(13,14)15)35-28-21-17-19-23-30(28)44-37(35)45(33)36-34(27-20-16-18-22-29(27)43-36)46(31,39(4,5)6)40(7,8)9/h16-25,43-44H,1-15H3. The summed E-state index contributed by atoms with van der Waals surface area (Å²) >= 11 is 0. The number of rotatable bonds is 0. The average Bonchev–Trinajstić information content (AvgIpc) is 3.48. The predicted molar refractivity (Wildman–Crippen MR) is 212 cm³/mol. The Kier molecular flexibility index (Phi) is 6.47. The molecule has 2 aromatic heterocycles. The Morgan fingerprint density at radius 3 is 1.15 bits per heavy atom. The summed E-state index contributed by atoms with van der Waals surface area (Å²) in [6, 6.07) is 23.7. The quantitative estimate of drug-likeness (QED) is 0.159. The van der Waals surface area contributed by atoms with Crippen molar-refractivity contribution in [3.63, 3.8) is 0 Å². The van der Waals surface area contributed by atoms with Crippen LogP contribution in [0.15, 0.2) is 60.7 Å². The number of fused-ring (bicyclic) bond motifs is 8. The zero-order chi connectivity index (χ0) is 34.5. The largest absolute Gasteiger partial charge is 0.341 e. The second-order valence-electron chi connectivity index (χ2n) is 19.8. The van der Waals surface area contributed by atoms with Gasteiger partial charge in [0, 0.05) is 27.5 Å². The van der Waals surface area contributed by atoms with Gasteiger partial charge in [0.25, 0.3) is 0 Å². The summed E-state index contributed by atoms with van der Waals surface area (Å²) in [6.07, 6.45) is 0. The number of hydrogen-bond acceptors (Lipinski definition) is 1. The van der Waals surface area contributed by atoms with Gasteiger partial charge in [0.15, 0.2) is 0 Å². The summed E-state index contributed by atoms with van der Waals surface area (Å²) in [4.78, 5) is 10.9. The third kappa shape index (κ3) is 3.85. The van der Waals surface area contributed by atoms with Crippen molar-refractivity contribution in [3.8, 4) is 0 Å². The molecule has 3 aromatic carbocycles. The highest BCUT2D eigenvalue weighted by atomic mass is 28.3. The number of aromatic amines is 2. The highest BCUT2D eigenvalue weighted by Gasteiger charge is 2.67. The van der Waals surface area contributed by atoms with Gasteiger partial charge in [-0.3, -0.25) is 4.90 Å². The van der Waals surface area contributed by atoms with Gasteiger partial charge in [-0.1, -0.05) is 152 Å². The average molecular weight is 660 g/mol. The lowest BCUT2D eigenvalue weighted by Gasteiger charge is -2.61. The van der Waals surface area contributed by atoms with Crippen LogP contribution in [0.1, 0.15) is 109 Å². The van der Waals surface area contributed by atoms with Crippen molar-refractivity contribution in [2.75, 3.05) is 4.90 Å². The van der Waals surface area contributed by atoms with Gasteiger partial charge < -0.3 is 9.97 Å². The normalized spacial score (nSPS) is 17.6. The Bertz CT molecular complexity index is 1910. The maximum Gasteiger partial charge on any atom is 0.136 e. The SMILES string of the molecule is CC(C)(C)c1cc2c3c(c1)[Si](C(C)(C)C)(C(C)(C)C)c1c([nH]c4ccccc14)N3c1[nH]c3ccccc3c1[Si]2(C(C)(C)C)C(C)(C)C. The van der Waals surface area contributed by atoms with Crippen LogP contribution in [0.25, 0.3) is 21.8 Å². The number of nitrogens with one attached hydrogen (secondary N) is 2. The fraction of sp³-hybridized carbons (Fsp3) is 0.476.